The molecule has 0 spiro atoms. The predicted octanol–water partition coefficient (Wildman–Crippen LogP) is 3.91. The molecule has 0 aromatic carbocycles. The summed E-state index contributed by atoms with van der Waals surface area (Å²) in [5.41, 5.74) is 0. The van der Waals surface area contributed by atoms with Crippen LogP contribution in [0.2, 0.25) is 0 Å². The third-order valence-electron chi connectivity index (χ3n) is 4.48. The van der Waals surface area contributed by atoms with E-state index < -0.39 is 0 Å². The minimum absolute atomic E-state index is 0.142. The lowest BCUT2D eigenvalue weighted by Crippen LogP contribution is -2.35. The fourth-order valence-electron chi connectivity index (χ4n) is 3.38. The lowest BCUT2D eigenvalue weighted by Gasteiger charge is -2.36. The molecule has 2 nitrogen and oxygen atoms in total. The van der Waals surface area contributed by atoms with Crippen molar-refractivity contribution in [2.24, 2.45) is 17.8 Å². The first-order chi connectivity index (χ1) is 8.19. The van der Waals surface area contributed by atoms with Gasteiger partial charge >= 0.3 is 0 Å². The molecule has 0 saturated heterocycles. The quantitative estimate of drug-likeness (QED) is 0.727. The van der Waals surface area contributed by atoms with Gasteiger partial charge in [-0.1, -0.05) is 26.7 Å². The molecule has 0 heterocycles. The van der Waals surface area contributed by atoms with Gasteiger partial charge in [0.1, 0.15) is 0 Å². The lowest BCUT2D eigenvalue weighted by molar-refractivity contribution is -0.0753. The Morgan fingerprint density at radius 3 is 2.47 bits per heavy atom. The van der Waals surface area contributed by atoms with Crippen LogP contribution in [0.5, 0.6) is 0 Å². The monoisotopic (exact) mass is 235 g/mol. The largest absolute Gasteiger partial charge is 0.374 e. The number of nitriles is 1. The average molecular weight is 235 g/mol. The Labute approximate surface area is 105 Å². The summed E-state index contributed by atoms with van der Waals surface area (Å²) in [6.07, 6.45) is 8.99. The SMILES string of the molecule is CC1CCCC(OC2CC(C)CCC2C#N)C1. The molecule has 0 bridgehead atoms. The minimum atomic E-state index is 0.142. The Balaban J connectivity index is 1.89. The van der Waals surface area contributed by atoms with Crippen LogP contribution < -0.4 is 0 Å². The van der Waals surface area contributed by atoms with Crippen LogP contribution in [0, 0.1) is 29.1 Å². The molecular formula is C15H25NO. The van der Waals surface area contributed by atoms with Gasteiger partial charge in [0.25, 0.3) is 0 Å². The summed E-state index contributed by atoms with van der Waals surface area (Å²) in [6.45, 7) is 4.61. The number of ether oxygens (including phenoxy) is 1. The molecule has 5 unspecified atom stereocenters. The summed E-state index contributed by atoms with van der Waals surface area (Å²) >= 11 is 0. The van der Waals surface area contributed by atoms with Crippen LogP contribution in [0.3, 0.4) is 0 Å². The zero-order valence-corrected chi connectivity index (χ0v) is 11.2. The second kappa shape index (κ2) is 5.87. The predicted molar refractivity (Wildman–Crippen MR) is 68.4 cm³/mol. The average Bonchev–Trinajstić information content (AvgIpc) is 2.29. The molecule has 2 aliphatic carbocycles. The van der Waals surface area contributed by atoms with E-state index in [1.807, 2.05) is 0 Å². The van der Waals surface area contributed by atoms with Gasteiger partial charge in [-0.2, -0.15) is 5.26 Å². The molecule has 17 heavy (non-hydrogen) atoms. The summed E-state index contributed by atoms with van der Waals surface area (Å²) in [7, 11) is 0. The third-order valence-corrected chi connectivity index (χ3v) is 4.48. The Kier molecular flexibility index (Phi) is 4.45. The van der Waals surface area contributed by atoms with Crippen LogP contribution in [-0.2, 0) is 4.74 Å². The van der Waals surface area contributed by atoms with Crippen molar-refractivity contribution < 1.29 is 4.74 Å². The van der Waals surface area contributed by atoms with Gasteiger partial charge in [0, 0.05) is 0 Å². The van der Waals surface area contributed by atoms with Crippen molar-refractivity contribution in [3.63, 3.8) is 0 Å². The van der Waals surface area contributed by atoms with Crippen LogP contribution in [0.15, 0.2) is 0 Å². The maximum absolute atomic E-state index is 9.20. The molecule has 0 N–H and O–H groups in total. The van der Waals surface area contributed by atoms with Gasteiger partial charge in [0.15, 0.2) is 0 Å². The molecule has 0 radical (unpaired) electrons. The van der Waals surface area contributed by atoms with Gasteiger partial charge in [-0.15, -0.1) is 0 Å². The number of hydrogen-bond donors (Lipinski definition) is 0. The first-order valence-electron chi connectivity index (χ1n) is 7.24. The van der Waals surface area contributed by atoms with Crippen molar-refractivity contribution in [3.05, 3.63) is 0 Å². The molecule has 0 amide bonds. The molecule has 2 aliphatic rings. The summed E-state index contributed by atoms with van der Waals surface area (Å²) in [4.78, 5) is 0. The topological polar surface area (TPSA) is 33.0 Å². The molecule has 5 atom stereocenters. The first kappa shape index (κ1) is 12.9. The van der Waals surface area contributed by atoms with E-state index in [2.05, 4.69) is 19.9 Å². The maximum atomic E-state index is 9.20. The number of rotatable bonds is 2. The van der Waals surface area contributed by atoms with E-state index in [4.69, 9.17) is 4.74 Å². The Bertz CT molecular complexity index is 283. The summed E-state index contributed by atoms with van der Waals surface area (Å²) in [5, 5.41) is 9.20. The van der Waals surface area contributed by atoms with Crippen LogP contribution in [0.1, 0.15) is 58.8 Å². The highest BCUT2D eigenvalue weighted by molar-refractivity contribution is 4.93. The van der Waals surface area contributed by atoms with E-state index in [9.17, 15) is 5.26 Å². The van der Waals surface area contributed by atoms with E-state index >= 15 is 0 Å². The zero-order chi connectivity index (χ0) is 12.3. The second-order valence-corrected chi connectivity index (χ2v) is 6.22. The van der Waals surface area contributed by atoms with Gasteiger partial charge in [-0.3, -0.25) is 0 Å². The highest BCUT2D eigenvalue weighted by Gasteiger charge is 2.32. The molecule has 0 aromatic heterocycles. The van der Waals surface area contributed by atoms with E-state index in [1.165, 1.54) is 32.1 Å². The van der Waals surface area contributed by atoms with Crippen molar-refractivity contribution in [2.75, 3.05) is 0 Å². The van der Waals surface area contributed by atoms with Crippen LogP contribution in [0.25, 0.3) is 0 Å². The fraction of sp³-hybridized carbons (Fsp3) is 0.933. The van der Waals surface area contributed by atoms with Gasteiger partial charge in [0.2, 0.25) is 0 Å². The summed E-state index contributed by atoms with van der Waals surface area (Å²) in [5.74, 6) is 1.67. The molecule has 2 heteroatoms. The molecule has 2 rings (SSSR count). The molecular weight excluding hydrogens is 210 g/mol. The summed E-state index contributed by atoms with van der Waals surface area (Å²) < 4.78 is 6.25. The lowest BCUT2D eigenvalue weighted by atomic mass is 9.81. The molecule has 2 fully saturated rings. The van der Waals surface area contributed by atoms with Crippen molar-refractivity contribution in [3.8, 4) is 6.07 Å². The van der Waals surface area contributed by atoms with E-state index in [0.717, 1.165) is 24.7 Å². The Hall–Kier alpha value is -0.550. The van der Waals surface area contributed by atoms with Crippen LogP contribution in [0.4, 0.5) is 0 Å². The smallest absolute Gasteiger partial charge is 0.0739 e. The highest BCUT2D eigenvalue weighted by Crippen LogP contribution is 2.34. The van der Waals surface area contributed by atoms with E-state index in [0.29, 0.717) is 6.10 Å². The highest BCUT2D eigenvalue weighted by atomic mass is 16.5. The summed E-state index contributed by atoms with van der Waals surface area (Å²) in [6, 6.07) is 2.45. The molecule has 0 aliphatic heterocycles. The Morgan fingerprint density at radius 1 is 1.00 bits per heavy atom. The van der Waals surface area contributed by atoms with Gasteiger partial charge in [-0.05, 0) is 43.9 Å². The standard InChI is InChI=1S/C15H25NO/c1-11-4-3-5-14(8-11)17-15-9-12(2)6-7-13(15)10-16/h11-15H,3-9H2,1-2H3. The van der Waals surface area contributed by atoms with Crippen molar-refractivity contribution >= 4 is 0 Å². The number of nitrogens with zero attached hydrogens (tertiary/aromatic N) is 1. The molecule has 96 valence electrons. The van der Waals surface area contributed by atoms with Crippen LogP contribution in [-0.4, -0.2) is 12.2 Å². The molecule has 2 saturated carbocycles. The van der Waals surface area contributed by atoms with Crippen LogP contribution >= 0.6 is 0 Å². The first-order valence-corrected chi connectivity index (χ1v) is 7.24. The number of hydrogen-bond acceptors (Lipinski definition) is 2. The van der Waals surface area contributed by atoms with E-state index in [-0.39, 0.29) is 12.0 Å². The second-order valence-electron chi connectivity index (χ2n) is 6.22. The van der Waals surface area contributed by atoms with Gasteiger partial charge in [0.05, 0.1) is 24.2 Å². The van der Waals surface area contributed by atoms with Crippen molar-refractivity contribution in [1.82, 2.24) is 0 Å². The third kappa shape index (κ3) is 3.45. The normalized spacial score (nSPS) is 43.0. The van der Waals surface area contributed by atoms with Crippen molar-refractivity contribution in [1.29, 1.82) is 5.26 Å². The molecule has 0 aromatic rings. The zero-order valence-electron chi connectivity index (χ0n) is 11.2. The Morgan fingerprint density at radius 2 is 1.76 bits per heavy atom. The van der Waals surface area contributed by atoms with E-state index in [1.54, 1.807) is 0 Å². The fourth-order valence-corrected chi connectivity index (χ4v) is 3.38. The van der Waals surface area contributed by atoms with Crippen molar-refractivity contribution in [2.45, 2.75) is 71.0 Å². The minimum Gasteiger partial charge on any atom is -0.374 e. The van der Waals surface area contributed by atoms with Gasteiger partial charge < -0.3 is 4.74 Å². The van der Waals surface area contributed by atoms with Gasteiger partial charge in [-0.25, -0.2) is 0 Å². The maximum Gasteiger partial charge on any atom is 0.0739 e.